The third-order valence-corrected chi connectivity index (χ3v) is 6.84. The Balaban J connectivity index is 1.85. The van der Waals surface area contributed by atoms with Crippen molar-refractivity contribution in [2.75, 3.05) is 32.8 Å². The molecule has 9 nitrogen and oxygen atoms in total. The van der Waals surface area contributed by atoms with E-state index in [0.717, 1.165) is 19.6 Å². The molecule has 0 bridgehead atoms. The first-order valence-electron chi connectivity index (χ1n) is 12.7. The first-order chi connectivity index (χ1) is 17.8. The second kappa shape index (κ2) is 11.0. The SMILES string of the molecule is CCOc1cc(C2C(=C(O)c3c(C)nc4ccccn34)C(=O)C(=O)N2CCCN(CC)CC)ccc1O. The molecule has 1 saturated heterocycles. The normalized spacial score (nSPS) is 17.3. The van der Waals surface area contributed by atoms with E-state index in [0.29, 0.717) is 42.2 Å². The minimum absolute atomic E-state index is 0.00488. The molecule has 0 spiro atoms. The Morgan fingerprint density at radius 3 is 2.59 bits per heavy atom. The number of ketones is 1. The second-order valence-electron chi connectivity index (χ2n) is 9.01. The third kappa shape index (κ3) is 4.91. The van der Waals surface area contributed by atoms with Gasteiger partial charge in [0.05, 0.1) is 23.9 Å². The zero-order chi connectivity index (χ0) is 26.7. The number of imidazole rings is 1. The van der Waals surface area contributed by atoms with E-state index in [-0.39, 0.29) is 22.8 Å². The fourth-order valence-corrected chi connectivity index (χ4v) is 4.96. The van der Waals surface area contributed by atoms with Crippen LogP contribution in [0, 0.1) is 6.92 Å². The van der Waals surface area contributed by atoms with E-state index in [1.54, 1.807) is 42.6 Å². The topological polar surface area (TPSA) is 108 Å². The van der Waals surface area contributed by atoms with Gasteiger partial charge in [0.1, 0.15) is 11.3 Å². The highest BCUT2D eigenvalue weighted by Gasteiger charge is 2.46. The number of ether oxygens (including phenoxy) is 1. The number of phenols is 1. The van der Waals surface area contributed by atoms with Crippen molar-refractivity contribution in [3.63, 3.8) is 0 Å². The summed E-state index contributed by atoms with van der Waals surface area (Å²) >= 11 is 0. The number of nitrogens with zero attached hydrogens (tertiary/aromatic N) is 4. The maximum atomic E-state index is 13.4. The summed E-state index contributed by atoms with van der Waals surface area (Å²) in [6.07, 6.45) is 2.42. The maximum absolute atomic E-state index is 13.4. The van der Waals surface area contributed by atoms with Gasteiger partial charge in [0.15, 0.2) is 17.3 Å². The Bertz CT molecular complexity index is 1340. The van der Waals surface area contributed by atoms with Gasteiger partial charge in [-0.25, -0.2) is 4.98 Å². The van der Waals surface area contributed by atoms with Gasteiger partial charge in [-0.2, -0.15) is 0 Å². The van der Waals surface area contributed by atoms with Crippen LogP contribution in [0.4, 0.5) is 0 Å². The van der Waals surface area contributed by atoms with E-state index in [1.165, 1.54) is 11.0 Å². The number of rotatable bonds is 10. The summed E-state index contributed by atoms with van der Waals surface area (Å²) in [5, 5.41) is 21.8. The largest absolute Gasteiger partial charge is 0.505 e. The number of hydrogen-bond donors (Lipinski definition) is 2. The number of Topliss-reactive ketones (excluding diaryl/α,β-unsaturated/α-hetero) is 1. The summed E-state index contributed by atoms with van der Waals surface area (Å²) in [5.41, 5.74) is 2.09. The molecule has 1 unspecified atom stereocenters. The molecule has 1 aliphatic rings. The monoisotopic (exact) mass is 506 g/mol. The van der Waals surface area contributed by atoms with Crippen LogP contribution in [-0.2, 0) is 9.59 Å². The molecule has 4 rings (SSSR count). The van der Waals surface area contributed by atoms with Crippen LogP contribution in [0.15, 0.2) is 48.2 Å². The van der Waals surface area contributed by atoms with E-state index in [2.05, 4.69) is 23.7 Å². The number of likely N-dealkylation sites (tertiary alicyclic amines) is 1. The maximum Gasteiger partial charge on any atom is 0.295 e. The van der Waals surface area contributed by atoms with E-state index in [9.17, 15) is 19.8 Å². The van der Waals surface area contributed by atoms with Crippen LogP contribution in [0.25, 0.3) is 11.4 Å². The molecule has 0 saturated carbocycles. The van der Waals surface area contributed by atoms with Crippen molar-refractivity contribution in [2.24, 2.45) is 0 Å². The quantitative estimate of drug-likeness (QED) is 0.244. The highest BCUT2D eigenvalue weighted by atomic mass is 16.5. The van der Waals surface area contributed by atoms with Crippen LogP contribution in [0.1, 0.15) is 50.2 Å². The van der Waals surface area contributed by atoms with Crippen LogP contribution < -0.4 is 4.74 Å². The molecule has 37 heavy (non-hydrogen) atoms. The van der Waals surface area contributed by atoms with Crippen molar-refractivity contribution in [3.05, 3.63) is 65.1 Å². The Labute approximate surface area is 216 Å². The molecule has 0 aliphatic carbocycles. The van der Waals surface area contributed by atoms with Gasteiger partial charge in [0.2, 0.25) is 0 Å². The average Bonchev–Trinajstić information content (AvgIpc) is 3.36. The predicted octanol–water partition coefficient (Wildman–Crippen LogP) is 3.90. The molecule has 1 fully saturated rings. The molecule has 3 heterocycles. The fraction of sp³-hybridized carbons (Fsp3) is 0.393. The Kier molecular flexibility index (Phi) is 7.83. The molecule has 9 heteroatoms. The lowest BCUT2D eigenvalue weighted by atomic mass is 9.95. The van der Waals surface area contributed by atoms with Crippen LogP contribution in [-0.4, -0.2) is 73.9 Å². The zero-order valence-corrected chi connectivity index (χ0v) is 21.8. The molecule has 1 aliphatic heterocycles. The van der Waals surface area contributed by atoms with Crippen LogP contribution >= 0.6 is 0 Å². The third-order valence-electron chi connectivity index (χ3n) is 6.84. The molecule has 2 aromatic heterocycles. The minimum atomic E-state index is -0.842. The molecule has 0 radical (unpaired) electrons. The van der Waals surface area contributed by atoms with E-state index in [1.807, 2.05) is 12.1 Å². The number of aliphatic hydroxyl groups is 1. The summed E-state index contributed by atoms with van der Waals surface area (Å²) in [6, 6.07) is 9.37. The second-order valence-corrected chi connectivity index (χ2v) is 9.01. The average molecular weight is 507 g/mol. The number of benzene rings is 1. The van der Waals surface area contributed by atoms with Crippen molar-refractivity contribution < 1.29 is 24.5 Å². The summed E-state index contributed by atoms with van der Waals surface area (Å²) < 4.78 is 7.28. The first kappa shape index (κ1) is 26.2. The van der Waals surface area contributed by atoms with Gasteiger partial charge in [-0.3, -0.25) is 14.0 Å². The lowest BCUT2D eigenvalue weighted by molar-refractivity contribution is -0.140. The van der Waals surface area contributed by atoms with Gasteiger partial charge < -0.3 is 24.7 Å². The summed E-state index contributed by atoms with van der Waals surface area (Å²) in [5.74, 6) is -1.48. The minimum Gasteiger partial charge on any atom is -0.505 e. The van der Waals surface area contributed by atoms with Crippen LogP contribution in [0.3, 0.4) is 0 Å². The van der Waals surface area contributed by atoms with E-state index in [4.69, 9.17) is 4.74 Å². The molecule has 1 atom stereocenters. The number of pyridine rings is 1. The number of aromatic nitrogens is 2. The summed E-state index contributed by atoms with van der Waals surface area (Å²) in [4.78, 5) is 35.0. The number of fused-ring (bicyclic) bond motifs is 1. The number of aryl methyl sites for hydroxylation is 1. The number of aromatic hydroxyl groups is 1. The van der Waals surface area contributed by atoms with E-state index >= 15 is 0 Å². The van der Waals surface area contributed by atoms with Gasteiger partial charge >= 0.3 is 0 Å². The van der Waals surface area contributed by atoms with Crippen molar-refractivity contribution in [1.82, 2.24) is 19.2 Å². The highest BCUT2D eigenvalue weighted by Crippen LogP contribution is 2.42. The Morgan fingerprint density at radius 1 is 1.14 bits per heavy atom. The van der Waals surface area contributed by atoms with Crippen molar-refractivity contribution >= 4 is 23.1 Å². The van der Waals surface area contributed by atoms with Crippen molar-refractivity contribution in [3.8, 4) is 11.5 Å². The zero-order valence-electron chi connectivity index (χ0n) is 21.8. The van der Waals surface area contributed by atoms with Crippen LogP contribution in [0.5, 0.6) is 11.5 Å². The molecular formula is C28H34N4O5. The molecule has 3 aromatic rings. The number of carbonyl (C=O) groups excluding carboxylic acids is 2. The Morgan fingerprint density at radius 2 is 1.89 bits per heavy atom. The van der Waals surface area contributed by atoms with Gasteiger partial charge in [0.25, 0.3) is 11.7 Å². The van der Waals surface area contributed by atoms with Gasteiger partial charge in [-0.1, -0.05) is 26.0 Å². The van der Waals surface area contributed by atoms with E-state index < -0.39 is 17.7 Å². The lowest BCUT2D eigenvalue weighted by Crippen LogP contribution is -2.33. The van der Waals surface area contributed by atoms with Gasteiger partial charge in [-0.15, -0.1) is 0 Å². The smallest absolute Gasteiger partial charge is 0.295 e. The van der Waals surface area contributed by atoms with Gasteiger partial charge in [-0.05, 0) is 69.7 Å². The van der Waals surface area contributed by atoms with Crippen molar-refractivity contribution in [2.45, 2.75) is 40.2 Å². The molecule has 1 amide bonds. The molecular weight excluding hydrogens is 472 g/mol. The van der Waals surface area contributed by atoms with Crippen LogP contribution in [0.2, 0.25) is 0 Å². The number of hydrogen-bond acceptors (Lipinski definition) is 7. The standard InChI is InChI=1S/C28H34N4O5/c1-5-30(6-2)14-10-16-32-25(19-12-13-20(33)21(17-19)37-7-3)23(27(35)28(32)36)26(34)24-18(4)29-22-11-8-9-15-31(22)24/h8-9,11-13,15,17,25,33-34H,5-7,10,14,16H2,1-4H3. The van der Waals surface area contributed by atoms with Crippen molar-refractivity contribution in [1.29, 1.82) is 0 Å². The first-order valence-corrected chi connectivity index (χ1v) is 12.7. The number of aliphatic hydroxyl groups excluding tert-OH is 1. The summed E-state index contributed by atoms with van der Waals surface area (Å²) in [7, 11) is 0. The summed E-state index contributed by atoms with van der Waals surface area (Å²) in [6.45, 7) is 10.9. The lowest BCUT2D eigenvalue weighted by Gasteiger charge is -2.27. The number of carbonyl (C=O) groups is 2. The number of phenolic OH excluding ortho intramolecular Hbond substituents is 1. The molecule has 1 aromatic carbocycles. The molecule has 2 N–H and O–H groups in total. The predicted molar refractivity (Wildman–Crippen MR) is 141 cm³/mol. The molecule has 196 valence electrons. The highest BCUT2D eigenvalue weighted by molar-refractivity contribution is 6.46. The Hall–Kier alpha value is -3.85. The fourth-order valence-electron chi connectivity index (χ4n) is 4.96. The number of amides is 1. The van der Waals surface area contributed by atoms with Gasteiger partial charge in [0, 0.05) is 12.7 Å².